The van der Waals surface area contributed by atoms with Crippen molar-refractivity contribution in [2.75, 3.05) is 13.1 Å². The van der Waals surface area contributed by atoms with E-state index in [-0.39, 0.29) is 12.0 Å². The molecule has 0 spiro atoms. The Balaban J connectivity index is 1.74. The van der Waals surface area contributed by atoms with Gasteiger partial charge in [0.1, 0.15) is 0 Å². The number of rotatable bonds is 4. The van der Waals surface area contributed by atoms with Gasteiger partial charge >= 0.3 is 0 Å². The molecule has 2 unspecified atom stereocenters. The molecule has 1 aliphatic heterocycles. The van der Waals surface area contributed by atoms with Crippen molar-refractivity contribution in [3.63, 3.8) is 0 Å². The first-order chi connectivity index (χ1) is 9.56. The Kier molecular flexibility index (Phi) is 5.88. The second kappa shape index (κ2) is 7.44. The Morgan fingerprint density at radius 1 is 1.20 bits per heavy atom. The van der Waals surface area contributed by atoms with E-state index >= 15 is 0 Å². The standard InChI is InChI=1S/C17H32N2O/c1-13(2)6-7-14-8-10-19(11-9-14)17(20)15-4-3-5-16(18)12-15/h13-16H,3-12,18H2,1-2H3. The molecule has 1 heterocycles. The van der Waals surface area contributed by atoms with Gasteiger partial charge in [0.25, 0.3) is 0 Å². The number of hydrogen-bond donors (Lipinski definition) is 1. The van der Waals surface area contributed by atoms with Crippen LogP contribution in [0.25, 0.3) is 0 Å². The van der Waals surface area contributed by atoms with Crippen LogP contribution in [0.5, 0.6) is 0 Å². The molecule has 20 heavy (non-hydrogen) atoms. The third-order valence-corrected chi connectivity index (χ3v) is 5.14. The highest BCUT2D eigenvalue weighted by molar-refractivity contribution is 5.79. The molecular formula is C17H32N2O. The first kappa shape index (κ1) is 15.8. The van der Waals surface area contributed by atoms with Crippen molar-refractivity contribution in [3.05, 3.63) is 0 Å². The average molecular weight is 280 g/mol. The molecule has 0 radical (unpaired) electrons. The third kappa shape index (κ3) is 4.47. The normalized spacial score (nSPS) is 28.9. The Bertz CT molecular complexity index is 308. The van der Waals surface area contributed by atoms with Gasteiger partial charge in [0, 0.05) is 25.0 Å². The zero-order chi connectivity index (χ0) is 14.5. The molecular weight excluding hydrogens is 248 g/mol. The summed E-state index contributed by atoms with van der Waals surface area (Å²) in [6.45, 7) is 6.55. The molecule has 1 saturated heterocycles. The number of hydrogen-bond acceptors (Lipinski definition) is 2. The number of piperidine rings is 1. The summed E-state index contributed by atoms with van der Waals surface area (Å²) in [6, 6.07) is 0.251. The molecule has 1 saturated carbocycles. The maximum absolute atomic E-state index is 12.5. The second-order valence-electron chi connectivity index (χ2n) is 7.36. The number of nitrogens with two attached hydrogens (primary N) is 1. The predicted octanol–water partition coefficient (Wildman–Crippen LogP) is 3.18. The Morgan fingerprint density at radius 3 is 2.50 bits per heavy atom. The number of carbonyl (C=O) groups excluding carboxylic acids is 1. The number of nitrogens with zero attached hydrogens (tertiary/aromatic N) is 1. The van der Waals surface area contributed by atoms with Gasteiger partial charge in [-0.15, -0.1) is 0 Å². The van der Waals surface area contributed by atoms with Crippen LogP contribution in [0.4, 0.5) is 0 Å². The summed E-state index contributed by atoms with van der Waals surface area (Å²) in [4.78, 5) is 14.7. The molecule has 2 fully saturated rings. The molecule has 0 aromatic rings. The summed E-state index contributed by atoms with van der Waals surface area (Å²) in [7, 11) is 0. The molecule has 3 nitrogen and oxygen atoms in total. The third-order valence-electron chi connectivity index (χ3n) is 5.14. The van der Waals surface area contributed by atoms with Crippen molar-refractivity contribution in [2.45, 2.75) is 71.3 Å². The average Bonchev–Trinajstić information content (AvgIpc) is 2.45. The van der Waals surface area contributed by atoms with Crippen molar-refractivity contribution in [1.82, 2.24) is 4.90 Å². The van der Waals surface area contributed by atoms with Crippen LogP contribution in [0.2, 0.25) is 0 Å². The van der Waals surface area contributed by atoms with E-state index in [4.69, 9.17) is 5.73 Å². The van der Waals surface area contributed by atoms with Gasteiger partial charge in [-0.05, 0) is 43.9 Å². The van der Waals surface area contributed by atoms with Crippen LogP contribution in [0, 0.1) is 17.8 Å². The zero-order valence-electron chi connectivity index (χ0n) is 13.3. The van der Waals surface area contributed by atoms with Crippen LogP contribution in [0.3, 0.4) is 0 Å². The summed E-state index contributed by atoms with van der Waals surface area (Å²) >= 11 is 0. The molecule has 0 aromatic heterocycles. The van der Waals surface area contributed by atoms with Crippen molar-refractivity contribution in [2.24, 2.45) is 23.5 Å². The van der Waals surface area contributed by atoms with Crippen LogP contribution in [-0.2, 0) is 4.79 Å². The van der Waals surface area contributed by atoms with E-state index < -0.39 is 0 Å². The van der Waals surface area contributed by atoms with E-state index in [0.717, 1.165) is 50.6 Å². The minimum absolute atomic E-state index is 0.214. The van der Waals surface area contributed by atoms with E-state index in [1.54, 1.807) is 0 Å². The van der Waals surface area contributed by atoms with Gasteiger partial charge < -0.3 is 10.6 Å². The van der Waals surface area contributed by atoms with Gasteiger partial charge in [-0.3, -0.25) is 4.79 Å². The molecule has 3 heteroatoms. The lowest BCUT2D eigenvalue weighted by Gasteiger charge is -2.36. The lowest BCUT2D eigenvalue weighted by molar-refractivity contribution is -0.138. The maximum Gasteiger partial charge on any atom is 0.225 e. The molecule has 116 valence electrons. The highest BCUT2D eigenvalue weighted by atomic mass is 16.2. The topological polar surface area (TPSA) is 46.3 Å². The van der Waals surface area contributed by atoms with Crippen LogP contribution in [-0.4, -0.2) is 29.9 Å². The summed E-state index contributed by atoms with van der Waals surface area (Å²) in [5.41, 5.74) is 6.01. The number of carbonyl (C=O) groups is 1. The quantitative estimate of drug-likeness (QED) is 0.859. The largest absolute Gasteiger partial charge is 0.342 e. The lowest BCUT2D eigenvalue weighted by Crippen LogP contribution is -2.44. The second-order valence-corrected chi connectivity index (χ2v) is 7.36. The summed E-state index contributed by atoms with van der Waals surface area (Å²) in [5.74, 6) is 2.25. The lowest BCUT2D eigenvalue weighted by atomic mass is 9.84. The van der Waals surface area contributed by atoms with Crippen molar-refractivity contribution in [1.29, 1.82) is 0 Å². The molecule has 2 atom stereocenters. The maximum atomic E-state index is 12.5. The van der Waals surface area contributed by atoms with E-state index in [1.807, 2.05) is 0 Å². The monoisotopic (exact) mass is 280 g/mol. The van der Waals surface area contributed by atoms with E-state index in [1.165, 1.54) is 25.7 Å². The van der Waals surface area contributed by atoms with E-state index in [0.29, 0.717) is 5.91 Å². The van der Waals surface area contributed by atoms with Crippen molar-refractivity contribution < 1.29 is 4.79 Å². The zero-order valence-corrected chi connectivity index (χ0v) is 13.3. The summed E-state index contributed by atoms with van der Waals surface area (Å²) in [5, 5.41) is 0. The van der Waals surface area contributed by atoms with Gasteiger partial charge in [-0.1, -0.05) is 33.1 Å². The number of likely N-dealkylation sites (tertiary alicyclic amines) is 1. The fraction of sp³-hybridized carbons (Fsp3) is 0.941. The molecule has 2 aliphatic rings. The van der Waals surface area contributed by atoms with Crippen molar-refractivity contribution >= 4 is 5.91 Å². The molecule has 0 aromatic carbocycles. The molecule has 1 aliphatic carbocycles. The Hall–Kier alpha value is -0.570. The molecule has 1 amide bonds. The SMILES string of the molecule is CC(C)CCC1CCN(C(=O)C2CCCC(N)C2)CC1. The van der Waals surface area contributed by atoms with Crippen LogP contribution in [0.1, 0.15) is 65.2 Å². The van der Waals surface area contributed by atoms with Crippen molar-refractivity contribution in [3.8, 4) is 0 Å². The van der Waals surface area contributed by atoms with Gasteiger partial charge in [0.05, 0.1) is 0 Å². The summed E-state index contributed by atoms with van der Waals surface area (Å²) < 4.78 is 0. The minimum atomic E-state index is 0.214. The molecule has 0 bridgehead atoms. The first-order valence-corrected chi connectivity index (χ1v) is 8.60. The minimum Gasteiger partial charge on any atom is -0.342 e. The fourth-order valence-corrected chi connectivity index (χ4v) is 3.72. The molecule has 2 rings (SSSR count). The van der Waals surface area contributed by atoms with Gasteiger partial charge in [0.15, 0.2) is 0 Å². The van der Waals surface area contributed by atoms with E-state index in [9.17, 15) is 4.79 Å². The smallest absolute Gasteiger partial charge is 0.225 e. The highest BCUT2D eigenvalue weighted by Crippen LogP contribution is 2.28. The Labute approximate surface area is 124 Å². The van der Waals surface area contributed by atoms with Crippen LogP contribution in [0.15, 0.2) is 0 Å². The van der Waals surface area contributed by atoms with E-state index in [2.05, 4.69) is 18.7 Å². The van der Waals surface area contributed by atoms with Gasteiger partial charge in [-0.2, -0.15) is 0 Å². The first-order valence-electron chi connectivity index (χ1n) is 8.60. The highest BCUT2D eigenvalue weighted by Gasteiger charge is 2.31. The fourth-order valence-electron chi connectivity index (χ4n) is 3.72. The molecule has 2 N–H and O–H groups in total. The Morgan fingerprint density at radius 2 is 1.90 bits per heavy atom. The predicted molar refractivity (Wildman–Crippen MR) is 83.3 cm³/mol. The van der Waals surface area contributed by atoms with Crippen LogP contribution >= 0.6 is 0 Å². The summed E-state index contributed by atoms with van der Waals surface area (Å²) in [6.07, 6.45) is 9.27. The van der Waals surface area contributed by atoms with Gasteiger partial charge in [0.2, 0.25) is 5.91 Å². The van der Waals surface area contributed by atoms with Crippen LogP contribution < -0.4 is 5.73 Å². The number of amides is 1. The van der Waals surface area contributed by atoms with Gasteiger partial charge in [-0.25, -0.2) is 0 Å².